The van der Waals surface area contributed by atoms with Crippen LogP contribution in [-0.2, 0) is 16.1 Å². The predicted molar refractivity (Wildman–Crippen MR) is 88.1 cm³/mol. The summed E-state index contributed by atoms with van der Waals surface area (Å²) in [6, 6.07) is 17.3. The van der Waals surface area contributed by atoms with E-state index >= 15 is 0 Å². The Bertz CT molecular complexity index is 669. The smallest absolute Gasteiger partial charge is 0.338 e. The van der Waals surface area contributed by atoms with E-state index in [1.807, 2.05) is 36.4 Å². The molecule has 2 rings (SSSR count). The molecule has 118 valence electrons. The van der Waals surface area contributed by atoms with Crippen molar-refractivity contribution in [1.29, 1.82) is 0 Å². The van der Waals surface area contributed by atoms with Crippen molar-refractivity contribution >= 4 is 18.1 Å². The molecule has 5 heteroatoms. The van der Waals surface area contributed by atoms with Gasteiger partial charge in [-0.2, -0.15) is 0 Å². The van der Waals surface area contributed by atoms with Crippen LogP contribution in [0.1, 0.15) is 22.8 Å². The third-order valence-electron chi connectivity index (χ3n) is 3.16. The van der Waals surface area contributed by atoms with Crippen LogP contribution in [0.3, 0.4) is 0 Å². The van der Waals surface area contributed by atoms with E-state index in [1.54, 1.807) is 31.2 Å². The number of amides is 1. The molecule has 0 unspecified atom stereocenters. The van der Waals surface area contributed by atoms with Gasteiger partial charge in [-0.1, -0.05) is 53.7 Å². The Morgan fingerprint density at radius 3 is 2.30 bits per heavy atom. The van der Waals surface area contributed by atoms with Gasteiger partial charge in [-0.25, -0.2) is 4.79 Å². The summed E-state index contributed by atoms with van der Waals surface area (Å²) in [5.74, 6) is -0.930. The zero-order valence-corrected chi connectivity index (χ0v) is 12.8. The summed E-state index contributed by atoms with van der Waals surface area (Å²) in [4.78, 5) is 29.2. The third-order valence-corrected chi connectivity index (χ3v) is 3.16. The first-order valence-electron chi connectivity index (χ1n) is 7.29. The van der Waals surface area contributed by atoms with Crippen LogP contribution < -0.4 is 5.32 Å². The third kappa shape index (κ3) is 5.07. The van der Waals surface area contributed by atoms with E-state index in [0.717, 1.165) is 5.56 Å². The molecule has 2 aromatic carbocycles. The highest BCUT2D eigenvalue weighted by Crippen LogP contribution is 2.07. The molecule has 0 saturated carbocycles. The molecule has 23 heavy (non-hydrogen) atoms. The summed E-state index contributed by atoms with van der Waals surface area (Å²) >= 11 is 0. The normalized spacial score (nSPS) is 11.9. The number of nitrogens with zero attached hydrogens (tertiary/aromatic N) is 1. The van der Waals surface area contributed by atoms with E-state index in [-0.39, 0.29) is 5.91 Å². The number of carbonyl (C=O) groups is 2. The Morgan fingerprint density at radius 2 is 1.70 bits per heavy atom. The van der Waals surface area contributed by atoms with Gasteiger partial charge in [0.05, 0.1) is 0 Å². The van der Waals surface area contributed by atoms with Crippen molar-refractivity contribution < 1.29 is 14.4 Å². The van der Waals surface area contributed by atoms with Crippen molar-refractivity contribution in [2.45, 2.75) is 19.4 Å². The average molecular weight is 310 g/mol. The fourth-order valence-electron chi connectivity index (χ4n) is 2.04. The highest BCUT2D eigenvalue weighted by Gasteiger charge is 2.23. The van der Waals surface area contributed by atoms with E-state index in [4.69, 9.17) is 4.84 Å². The molecular weight excluding hydrogens is 292 g/mol. The minimum absolute atomic E-state index is 0.330. The molecule has 5 nitrogen and oxygen atoms in total. The maximum absolute atomic E-state index is 12.3. The molecule has 1 atom stereocenters. The van der Waals surface area contributed by atoms with Gasteiger partial charge in [-0.3, -0.25) is 4.79 Å². The molecule has 1 N–H and O–H groups in total. The Morgan fingerprint density at radius 1 is 1.09 bits per heavy atom. The second-order valence-electron chi connectivity index (χ2n) is 4.86. The van der Waals surface area contributed by atoms with Gasteiger partial charge in [0.2, 0.25) is 0 Å². The Labute approximate surface area is 135 Å². The molecule has 0 radical (unpaired) electrons. The number of hydrogen-bond acceptors (Lipinski definition) is 4. The first-order valence-corrected chi connectivity index (χ1v) is 7.29. The largest absolute Gasteiger partial charge is 0.357 e. The molecule has 0 saturated heterocycles. The molecule has 0 aromatic heterocycles. The zero-order valence-electron chi connectivity index (χ0n) is 12.8. The minimum Gasteiger partial charge on any atom is -0.338 e. The van der Waals surface area contributed by atoms with Crippen LogP contribution in [0.5, 0.6) is 0 Å². The molecule has 2 aromatic rings. The minimum atomic E-state index is -0.811. The molecule has 0 heterocycles. The van der Waals surface area contributed by atoms with Gasteiger partial charge in [-0.05, 0) is 24.6 Å². The van der Waals surface area contributed by atoms with Crippen molar-refractivity contribution in [2.75, 3.05) is 0 Å². The lowest BCUT2D eigenvalue weighted by Gasteiger charge is -2.16. The van der Waals surface area contributed by atoms with Gasteiger partial charge < -0.3 is 10.2 Å². The lowest BCUT2D eigenvalue weighted by atomic mass is 10.1. The Hall–Kier alpha value is -2.95. The monoisotopic (exact) mass is 310 g/mol. The van der Waals surface area contributed by atoms with Gasteiger partial charge in [0.25, 0.3) is 5.91 Å². The van der Waals surface area contributed by atoms with Gasteiger partial charge in [-0.15, -0.1) is 0 Å². The maximum Gasteiger partial charge on any atom is 0.357 e. The van der Waals surface area contributed by atoms with E-state index < -0.39 is 12.0 Å². The zero-order chi connectivity index (χ0) is 16.5. The number of hydrogen-bond donors (Lipinski definition) is 1. The molecule has 0 spiro atoms. The van der Waals surface area contributed by atoms with Gasteiger partial charge in [0.1, 0.15) is 6.04 Å². The van der Waals surface area contributed by atoms with Gasteiger partial charge in [0, 0.05) is 18.2 Å². The molecule has 1 amide bonds. The fraction of sp³-hybridized carbons (Fsp3) is 0.167. The Kier molecular flexibility index (Phi) is 6.06. The highest BCUT2D eigenvalue weighted by molar-refractivity contribution is 5.96. The number of rotatable bonds is 6. The summed E-state index contributed by atoms with van der Waals surface area (Å²) in [6.07, 6.45) is 1.70. The molecule has 0 bridgehead atoms. The summed E-state index contributed by atoms with van der Waals surface area (Å²) in [5.41, 5.74) is 1.40. The lowest BCUT2D eigenvalue weighted by Crippen LogP contribution is -2.43. The van der Waals surface area contributed by atoms with Crippen LogP contribution in [0.4, 0.5) is 0 Å². The molecular formula is C18H18N2O3. The van der Waals surface area contributed by atoms with Crippen molar-refractivity contribution in [1.82, 2.24) is 5.32 Å². The van der Waals surface area contributed by atoms with E-state index in [2.05, 4.69) is 10.5 Å². The van der Waals surface area contributed by atoms with Crippen molar-refractivity contribution in [2.24, 2.45) is 5.16 Å². The summed E-state index contributed by atoms with van der Waals surface area (Å²) < 4.78 is 0. The number of oxime groups is 1. The second-order valence-corrected chi connectivity index (χ2v) is 4.86. The predicted octanol–water partition coefficient (Wildman–Crippen LogP) is 2.58. The average Bonchev–Trinajstić information content (AvgIpc) is 2.60. The maximum atomic E-state index is 12.3. The number of nitrogens with one attached hydrogen (secondary N) is 1. The molecule has 0 aliphatic carbocycles. The highest BCUT2D eigenvalue weighted by atomic mass is 16.7. The van der Waals surface area contributed by atoms with Crippen LogP contribution in [0.15, 0.2) is 65.8 Å². The van der Waals surface area contributed by atoms with E-state index in [0.29, 0.717) is 12.0 Å². The quantitative estimate of drug-likeness (QED) is 0.506. The molecule has 0 fully saturated rings. The first kappa shape index (κ1) is 16.4. The van der Waals surface area contributed by atoms with E-state index in [9.17, 15) is 9.59 Å². The summed E-state index contributed by atoms with van der Waals surface area (Å²) in [5, 5.41) is 6.19. The van der Waals surface area contributed by atoms with Gasteiger partial charge >= 0.3 is 5.97 Å². The summed E-state index contributed by atoms with van der Waals surface area (Å²) in [6.45, 7) is 1.64. The lowest BCUT2D eigenvalue weighted by molar-refractivity contribution is -0.145. The Balaban J connectivity index is 2.12. The SMILES string of the molecule is C/C=N\OC(=O)[C@H](Cc1ccccc1)NC(=O)c1ccccc1. The van der Waals surface area contributed by atoms with Crippen LogP contribution >= 0.6 is 0 Å². The van der Waals surface area contributed by atoms with Gasteiger partial charge in [0.15, 0.2) is 0 Å². The topological polar surface area (TPSA) is 67.8 Å². The number of benzene rings is 2. The van der Waals surface area contributed by atoms with Crippen molar-refractivity contribution in [3.63, 3.8) is 0 Å². The summed E-state index contributed by atoms with van der Waals surface area (Å²) in [7, 11) is 0. The number of carbonyl (C=O) groups excluding carboxylic acids is 2. The first-order chi connectivity index (χ1) is 11.2. The van der Waals surface area contributed by atoms with Crippen molar-refractivity contribution in [3.05, 3.63) is 71.8 Å². The van der Waals surface area contributed by atoms with Crippen LogP contribution in [0, 0.1) is 0 Å². The molecule has 0 aliphatic rings. The van der Waals surface area contributed by atoms with E-state index in [1.165, 1.54) is 6.21 Å². The molecule has 0 aliphatic heterocycles. The van der Waals surface area contributed by atoms with Crippen LogP contribution in [0.25, 0.3) is 0 Å². The van der Waals surface area contributed by atoms with Crippen LogP contribution in [0.2, 0.25) is 0 Å². The van der Waals surface area contributed by atoms with Crippen LogP contribution in [-0.4, -0.2) is 24.1 Å². The fourth-order valence-corrected chi connectivity index (χ4v) is 2.04. The standard InChI is InChI=1S/C18H18N2O3/c1-2-19-23-18(22)16(13-14-9-5-3-6-10-14)20-17(21)15-11-7-4-8-12-15/h2-12,16H,13H2,1H3,(H,20,21)/b19-2-/t16-/m0/s1. The second kappa shape index (κ2) is 8.48. The van der Waals surface area contributed by atoms with Crippen molar-refractivity contribution in [3.8, 4) is 0 Å².